The van der Waals surface area contributed by atoms with Crippen LogP contribution in [0.5, 0.6) is 0 Å². The molecule has 0 amide bonds. The molecule has 0 bridgehead atoms. The molecule has 3 heteroatoms. The lowest BCUT2D eigenvalue weighted by Gasteiger charge is -2.18. The highest BCUT2D eigenvalue weighted by Crippen LogP contribution is 2.51. The molecule has 2 saturated carbocycles. The van der Waals surface area contributed by atoms with Crippen LogP contribution in [0, 0.1) is 23.7 Å². The van der Waals surface area contributed by atoms with E-state index in [2.05, 4.69) is 19.1 Å². The Kier molecular flexibility index (Phi) is 10.5. The number of carbonyl (C=O) groups is 1. The number of methoxy groups -OCH3 is 1. The number of rotatable bonds is 13. The molecule has 0 saturated heterocycles. The Morgan fingerprint density at radius 1 is 1.04 bits per heavy atom. The van der Waals surface area contributed by atoms with Gasteiger partial charge in [0, 0.05) is 12.3 Å². The number of esters is 1. The van der Waals surface area contributed by atoms with Gasteiger partial charge in [0.05, 0.1) is 13.2 Å². The van der Waals surface area contributed by atoms with E-state index in [0.29, 0.717) is 30.1 Å². The van der Waals surface area contributed by atoms with Crippen molar-refractivity contribution >= 4 is 5.97 Å². The van der Waals surface area contributed by atoms with Crippen LogP contribution < -0.4 is 0 Å². The maximum atomic E-state index is 11.4. The van der Waals surface area contributed by atoms with Crippen LogP contribution in [-0.4, -0.2) is 24.3 Å². The average molecular weight is 379 g/mol. The monoisotopic (exact) mass is 378 g/mol. The van der Waals surface area contributed by atoms with Crippen molar-refractivity contribution in [3.8, 4) is 0 Å². The van der Waals surface area contributed by atoms with Crippen molar-refractivity contribution in [2.45, 2.75) is 103 Å². The fraction of sp³-hybridized carbons (Fsp3) is 0.875. The summed E-state index contributed by atoms with van der Waals surface area (Å²) in [5.74, 6) is 2.16. The number of unbranched alkanes of at least 4 members (excludes halogenated alkanes) is 8. The molecule has 0 aromatic carbocycles. The third-order valence-corrected chi connectivity index (χ3v) is 6.90. The van der Waals surface area contributed by atoms with E-state index in [9.17, 15) is 9.90 Å². The molecule has 0 radical (unpaired) electrons. The molecule has 3 nitrogen and oxygen atoms in total. The number of aliphatic hydroxyl groups excluding tert-OH is 1. The number of allylic oxidation sites excluding steroid dienone is 1. The first kappa shape index (κ1) is 22.5. The van der Waals surface area contributed by atoms with Gasteiger partial charge in [-0.2, -0.15) is 0 Å². The molecule has 2 aliphatic rings. The Labute approximate surface area is 167 Å². The van der Waals surface area contributed by atoms with Gasteiger partial charge in [-0.1, -0.05) is 64.0 Å². The van der Waals surface area contributed by atoms with Gasteiger partial charge in [0.2, 0.25) is 0 Å². The van der Waals surface area contributed by atoms with Gasteiger partial charge in [-0.3, -0.25) is 4.79 Å². The normalized spacial score (nSPS) is 30.1. The van der Waals surface area contributed by atoms with Crippen molar-refractivity contribution in [2.75, 3.05) is 7.11 Å². The highest BCUT2D eigenvalue weighted by Gasteiger charge is 2.46. The van der Waals surface area contributed by atoms with Crippen LogP contribution in [-0.2, 0) is 9.53 Å². The zero-order valence-corrected chi connectivity index (χ0v) is 17.7. The Morgan fingerprint density at radius 3 is 2.44 bits per heavy atom. The van der Waals surface area contributed by atoms with Gasteiger partial charge < -0.3 is 9.84 Å². The average Bonchev–Trinajstić information content (AvgIpc) is 3.18. The molecule has 2 fully saturated rings. The summed E-state index contributed by atoms with van der Waals surface area (Å²) in [4.78, 5) is 11.4. The van der Waals surface area contributed by atoms with Gasteiger partial charge in [-0.05, 0) is 56.3 Å². The summed E-state index contributed by atoms with van der Waals surface area (Å²) in [6.45, 7) is 2.27. The van der Waals surface area contributed by atoms with E-state index in [0.717, 1.165) is 19.3 Å². The van der Waals surface area contributed by atoms with Crippen LogP contribution in [0.15, 0.2) is 12.2 Å². The number of fused-ring (bicyclic) bond motifs is 1. The number of hydrogen-bond donors (Lipinski definition) is 1. The molecule has 5 atom stereocenters. The topological polar surface area (TPSA) is 46.5 Å². The predicted octanol–water partition coefficient (Wildman–Crippen LogP) is 6.05. The van der Waals surface area contributed by atoms with Gasteiger partial charge in [0.15, 0.2) is 0 Å². The molecule has 27 heavy (non-hydrogen) atoms. The Balaban J connectivity index is 1.61. The number of hydrogen-bond acceptors (Lipinski definition) is 3. The quantitative estimate of drug-likeness (QED) is 0.241. The summed E-state index contributed by atoms with van der Waals surface area (Å²) in [5.41, 5.74) is 0. The molecular formula is C24H42O3. The molecule has 1 N–H and O–H groups in total. The Bertz CT molecular complexity index is 445. The highest BCUT2D eigenvalue weighted by atomic mass is 16.5. The SMILES string of the molecule is CCCCCCCCCC/C=C/[C@@H]1C2CC(CCC(=O)OC)CC2C[C@H]1O. The van der Waals surface area contributed by atoms with Crippen molar-refractivity contribution in [2.24, 2.45) is 23.7 Å². The molecule has 156 valence electrons. The fourth-order valence-electron chi connectivity index (χ4n) is 5.35. The van der Waals surface area contributed by atoms with E-state index in [-0.39, 0.29) is 12.1 Å². The van der Waals surface area contributed by atoms with Crippen LogP contribution in [0.3, 0.4) is 0 Å². The van der Waals surface area contributed by atoms with Gasteiger partial charge in [-0.15, -0.1) is 0 Å². The van der Waals surface area contributed by atoms with Gasteiger partial charge in [0.25, 0.3) is 0 Å². The lowest BCUT2D eigenvalue weighted by atomic mass is 9.89. The summed E-state index contributed by atoms with van der Waals surface area (Å²) in [5, 5.41) is 10.5. The second kappa shape index (κ2) is 12.6. The van der Waals surface area contributed by atoms with Crippen LogP contribution in [0.25, 0.3) is 0 Å². The van der Waals surface area contributed by atoms with Gasteiger partial charge in [0.1, 0.15) is 0 Å². The van der Waals surface area contributed by atoms with Crippen LogP contribution in [0.2, 0.25) is 0 Å². The fourth-order valence-corrected chi connectivity index (χ4v) is 5.35. The highest BCUT2D eigenvalue weighted by molar-refractivity contribution is 5.69. The molecular weight excluding hydrogens is 336 g/mol. The minimum atomic E-state index is -0.156. The third kappa shape index (κ3) is 7.60. The molecule has 0 spiro atoms. The van der Waals surface area contributed by atoms with Crippen molar-refractivity contribution in [3.63, 3.8) is 0 Å². The van der Waals surface area contributed by atoms with Crippen molar-refractivity contribution < 1.29 is 14.6 Å². The first-order valence-electron chi connectivity index (χ1n) is 11.6. The molecule has 0 aliphatic heterocycles. The van der Waals surface area contributed by atoms with E-state index < -0.39 is 0 Å². The van der Waals surface area contributed by atoms with E-state index >= 15 is 0 Å². The summed E-state index contributed by atoms with van der Waals surface area (Å²) in [6, 6.07) is 0. The van der Waals surface area contributed by atoms with Crippen LogP contribution in [0.1, 0.15) is 96.8 Å². The second-order valence-electron chi connectivity index (χ2n) is 8.95. The molecule has 2 aliphatic carbocycles. The smallest absolute Gasteiger partial charge is 0.305 e. The number of carbonyl (C=O) groups excluding carboxylic acids is 1. The Hall–Kier alpha value is -0.830. The molecule has 2 rings (SSSR count). The largest absolute Gasteiger partial charge is 0.469 e. The van der Waals surface area contributed by atoms with Crippen molar-refractivity contribution in [3.05, 3.63) is 12.2 Å². The van der Waals surface area contributed by atoms with E-state index in [1.54, 1.807) is 0 Å². The second-order valence-corrected chi connectivity index (χ2v) is 8.95. The number of ether oxygens (including phenoxy) is 1. The lowest BCUT2D eigenvalue weighted by molar-refractivity contribution is -0.140. The van der Waals surface area contributed by atoms with E-state index in [1.165, 1.54) is 71.3 Å². The molecule has 0 aromatic heterocycles. The van der Waals surface area contributed by atoms with E-state index in [1.807, 2.05) is 0 Å². The minimum Gasteiger partial charge on any atom is -0.469 e. The summed E-state index contributed by atoms with van der Waals surface area (Å²) < 4.78 is 4.77. The van der Waals surface area contributed by atoms with E-state index in [4.69, 9.17) is 4.74 Å². The maximum Gasteiger partial charge on any atom is 0.305 e. The zero-order valence-electron chi connectivity index (χ0n) is 17.7. The van der Waals surface area contributed by atoms with Crippen molar-refractivity contribution in [1.29, 1.82) is 0 Å². The summed E-state index contributed by atoms with van der Waals surface area (Å²) >= 11 is 0. The van der Waals surface area contributed by atoms with Crippen molar-refractivity contribution in [1.82, 2.24) is 0 Å². The predicted molar refractivity (Wildman–Crippen MR) is 111 cm³/mol. The molecule has 0 aromatic rings. The first-order chi connectivity index (χ1) is 13.2. The molecule has 3 unspecified atom stereocenters. The van der Waals surface area contributed by atoms with Gasteiger partial charge in [-0.25, -0.2) is 0 Å². The van der Waals surface area contributed by atoms with Crippen LogP contribution in [0.4, 0.5) is 0 Å². The lowest BCUT2D eigenvalue weighted by Crippen LogP contribution is -2.17. The minimum absolute atomic E-state index is 0.0890. The number of aliphatic hydroxyl groups is 1. The summed E-state index contributed by atoms with van der Waals surface area (Å²) in [6.07, 6.45) is 21.3. The van der Waals surface area contributed by atoms with Crippen LogP contribution >= 0.6 is 0 Å². The first-order valence-corrected chi connectivity index (χ1v) is 11.6. The Morgan fingerprint density at radius 2 is 1.74 bits per heavy atom. The molecule has 0 heterocycles. The third-order valence-electron chi connectivity index (χ3n) is 6.90. The summed E-state index contributed by atoms with van der Waals surface area (Å²) in [7, 11) is 1.47. The zero-order chi connectivity index (χ0) is 19.5. The maximum absolute atomic E-state index is 11.4. The standard InChI is InChI=1S/C24H42O3/c1-3-4-5-6-7-8-9-10-11-12-13-21-22-17-19(14-15-24(26)27-2)16-20(22)18-23(21)25/h12-13,19-23,25H,3-11,14-18H2,1-2H3/b13-12+/t19?,20?,21-,22?,23-/m1/s1. The van der Waals surface area contributed by atoms with Gasteiger partial charge >= 0.3 is 5.97 Å².